The first kappa shape index (κ1) is 13.9. The molecule has 1 aromatic rings. The normalized spacial score (nSPS) is 11.5. The maximum atomic E-state index is 11.8. The molecule has 0 fully saturated rings. The fourth-order valence-electron chi connectivity index (χ4n) is 1.15. The number of nitrogens with one attached hydrogen (secondary N) is 1. The third-order valence-electron chi connectivity index (χ3n) is 1.91. The van der Waals surface area contributed by atoms with E-state index in [1.165, 1.54) is 17.0 Å². The van der Waals surface area contributed by atoms with Crippen LogP contribution >= 0.6 is 11.8 Å². The van der Waals surface area contributed by atoms with Gasteiger partial charge < -0.3 is 9.88 Å². The molecule has 4 nitrogen and oxygen atoms in total. The number of rotatable bonds is 5. The summed E-state index contributed by atoms with van der Waals surface area (Å²) in [6, 6.07) is 0. The number of halogens is 3. The highest BCUT2D eigenvalue weighted by atomic mass is 32.2. The van der Waals surface area contributed by atoms with Crippen LogP contribution in [0.4, 0.5) is 19.0 Å². The Morgan fingerprint density at radius 2 is 2.24 bits per heavy atom. The van der Waals surface area contributed by atoms with E-state index in [4.69, 9.17) is 0 Å². The molecule has 0 bridgehead atoms. The summed E-state index contributed by atoms with van der Waals surface area (Å²) in [6.07, 6.45) is 2.96. The molecular formula is C9H12F3N3OS. The minimum absolute atomic E-state index is 0.0418. The molecule has 96 valence electrons. The van der Waals surface area contributed by atoms with Crippen LogP contribution in [0.3, 0.4) is 0 Å². The van der Waals surface area contributed by atoms with Crippen LogP contribution in [-0.2, 0) is 6.54 Å². The van der Waals surface area contributed by atoms with E-state index in [1.807, 2.05) is 0 Å². The Bertz CT molecular complexity index is 419. The molecule has 0 saturated heterocycles. The molecule has 0 aromatic carbocycles. The van der Waals surface area contributed by atoms with E-state index in [-0.39, 0.29) is 35.4 Å². The Balaban J connectivity index is 2.50. The van der Waals surface area contributed by atoms with Gasteiger partial charge >= 0.3 is 5.51 Å². The van der Waals surface area contributed by atoms with Gasteiger partial charge in [-0.1, -0.05) is 0 Å². The van der Waals surface area contributed by atoms with Crippen molar-refractivity contribution in [2.75, 3.05) is 17.6 Å². The number of anilines is 1. The van der Waals surface area contributed by atoms with E-state index in [0.717, 1.165) is 0 Å². The molecule has 0 aliphatic carbocycles. The van der Waals surface area contributed by atoms with Crippen molar-refractivity contribution in [1.29, 1.82) is 0 Å². The van der Waals surface area contributed by atoms with E-state index in [1.54, 1.807) is 6.92 Å². The number of hydrogen-bond donors (Lipinski definition) is 1. The summed E-state index contributed by atoms with van der Waals surface area (Å²) in [5.41, 5.74) is -4.57. The smallest absolute Gasteiger partial charge is 0.365 e. The summed E-state index contributed by atoms with van der Waals surface area (Å²) < 4.78 is 36.9. The van der Waals surface area contributed by atoms with Crippen LogP contribution in [0.2, 0.25) is 0 Å². The van der Waals surface area contributed by atoms with Crippen molar-refractivity contribution in [3.63, 3.8) is 0 Å². The van der Waals surface area contributed by atoms with E-state index >= 15 is 0 Å². The standard InChI is InChI=1S/C9H12F3N3OS/c1-2-15-5-3-13-7(8(15)16)14-4-6-17-9(10,11)12/h3,5H,2,4,6H2,1H3,(H,13,14). The summed E-state index contributed by atoms with van der Waals surface area (Å²) in [4.78, 5) is 15.4. The zero-order valence-electron chi connectivity index (χ0n) is 9.12. The number of nitrogens with zero attached hydrogens (tertiary/aromatic N) is 2. The van der Waals surface area contributed by atoms with E-state index in [2.05, 4.69) is 10.3 Å². The SMILES string of the molecule is CCn1ccnc(NCCSC(F)(F)F)c1=O. The van der Waals surface area contributed by atoms with Crippen molar-refractivity contribution in [3.05, 3.63) is 22.7 Å². The fourth-order valence-corrected chi connectivity index (χ4v) is 1.59. The molecule has 0 aliphatic heterocycles. The lowest BCUT2D eigenvalue weighted by atomic mass is 10.5. The molecule has 0 spiro atoms. The molecule has 17 heavy (non-hydrogen) atoms. The quantitative estimate of drug-likeness (QED) is 0.828. The Morgan fingerprint density at radius 3 is 2.82 bits per heavy atom. The van der Waals surface area contributed by atoms with Crippen LogP contribution in [0.1, 0.15) is 6.92 Å². The Hall–Kier alpha value is -1.18. The van der Waals surface area contributed by atoms with Gasteiger partial charge in [-0.25, -0.2) is 4.98 Å². The first-order valence-electron chi connectivity index (χ1n) is 4.94. The van der Waals surface area contributed by atoms with E-state index < -0.39 is 5.51 Å². The van der Waals surface area contributed by atoms with Crippen molar-refractivity contribution in [2.45, 2.75) is 19.0 Å². The number of aromatic nitrogens is 2. The summed E-state index contributed by atoms with van der Waals surface area (Å²) in [5, 5.41) is 2.59. The Kier molecular flexibility index (Phi) is 4.86. The van der Waals surface area contributed by atoms with Crippen LogP contribution in [0.5, 0.6) is 0 Å². The molecule has 0 radical (unpaired) electrons. The average molecular weight is 267 g/mol. The maximum absolute atomic E-state index is 11.8. The van der Waals surface area contributed by atoms with Gasteiger partial charge in [0.05, 0.1) is 0 Å². The van der Waals surface area contributed by atoms with Crippen molar-refractivity contribution in [2.24, 2.45) is 0 Å². The van der Waals surface area contributed by atoms with Gasteiger partial charge in [-0.15, -0.1) is 0 Å². The van der Waals surface area contributed by atoms with E-state index in [0.29, 0.717) is 6.54 Å². The summed E-state index contributed by atoms with van der Waals surface area (Å²) >= 11 is -0.130. The first-order chi connectivity index (χ1) is 7.94. The third kappa shape index (κ3) is 4.68. The number of aryl methyl sites for hydroxylation is 1. The second-order valence-corrected chi connectivity index (χ2v) is 4.25. The Morgan fingerprint density at radius 1 is 1.53 bits per heavy atom. The molecule has 1 heterocycles. The van der Waals surface area contributed by atoms with Crippen molar-refractivity contribution < 1.29 is 13.2 Å². The van der Waals surface area contributed by atoms with Gasteiger partial charge in [0.1, 0.15) is 0 Å². The van der Waals surface area contributed by atoms with Gasteiger partial charge in [0, 0.05) is 31.2 Å². The van der Waals surface area contributed by atoms with Gasteiger partial charge in [-0.2, -0.15) is 13.2 Å². The molecular weight excluding hydrogens is 255 g/mol. The van der Waals surface area contributed by atoms with Crippen LogP contribution in [0.25, 0.3) is 0 Å². The highest BCUT2D eigenvalue weighted by Gasteiger charge is 2.27. The summed E-state index contributed by atoms with van der Waals surface area (Å²) in [6.45, 7) is 2.33. The fraction of sp³-hybridized carbons (Fsp3) is 0.556. The number of thioether (sulfide) groups is 1. The lowest BCUT2D eigenvalue weighted by Crippen LogP contribution is -2.24. The lowest BCUT2D eigenvalue weighted by Gasteiger charge is -2.08. The molecule has 1 aromatic heterocycles. The van der Waals surface area contributed by atoms with Gasteiger partial charge in [-0.05, 0) is 18.7 Å². The first-order valence-corrected chi connectivity index (χ1v) is 5.92. The molecule has 8 heteroatoms. The van der Waals surface area contributed by atoms with Crippen LogP contribution < -0.4 is 10.9 Å². The molecule has 0 aliphatic rings. The molecule has 0 unspecified atom stereocenters. The van der Waals surface area contributed by atoms with Crippen LogP contribution in [-0.4, -0.2) is 27.4 Å². The second-order valence-electron chi connectivity index (χ2n) is 3.09. The lowest BCUT2D eigenvalue weighted by molar-refractivity contribution is -0.0327. The van der Waals surface area contributed by atoms with Crippen molar-refractivity contribution in [1.82, 2.24) is 9.55 Å². The van der Waals surface area contributed by atoms with Crippen LogP contribution in [0, 0.1) is 0 Å². The third-order valence-corrected chi connectivity index (χ3v) is 2.65. The Labute approximate surface area is 100 Å². The zero-order chi connectivity index (χ0) is 12.9. The summed E-state index contributed by atoms with van der Waals surface area (Å²) in [5.74, 6) is -0.0804. The van der Waals surface area contributed by atoms with Gasteiger partial charge in [0.25, 0.3) is 5.56 Å². The molecule has 0 atom stereocenters. The molecule has 1 N–H and O–H groups in total. The van der Waals surface area contributed by atoms with Crippen molar-refractivity contribution in [3.8, 4) is 0 Å². The van der Waals surface area contributed by atoms with Crippen LogP contribution in [0.15, 0.2) is 17.2 Å². The number of hydrogen-bond acceptors (Lipinski definition) is 4. The highest BCUT2D eigenvalue weighted by molar-refractivity contribution is 8.00. The monoisotopic (exact) mass is 267 g/mol. The largest absolute Gasteiger partial charge is 0.441 e. The topological polar surface area (TPSA) is 46.9 Å². The number of alkyl halides is 3. The highest BCUT2D eigenvalue weighted by Crippen LogP contribution is 2.29. The zero-order valence-corrected chi connectivity index (χ0v) is 9.94. The van der Waals surface area contributed by atoms with Gasteiger partial charge in [0.15, 0.2) is 5.82 Å². The maximum Gasteiger partial charge on any atom is 0.441 e. The minimum atomic E-state index is -4.24. The molecule has 1 rings (SSSR count). The average Bonchev–Trinajstić information content (AvgIpc) is 2.25. The predicted molar refractivity (Wildman–Crippen MR) is 61.2 cm³/mol. The summed E-state index contributed by atoms with van der Waals surface area (Å²) in [7, 11) is 0. The van der Waals surface area contributed by atoms with Gasteiger partial charge in [-0.3, -0.25) is 4.79 Å². The minimum Gasteiger partial charge on any atom is -0.365 e. The predicted octanol–water partition coefficient (Wildman–Crippen LogP) is 1.93. The second kappa shape index (κ2) is 5.95. The van der Waals surface area contributed by atoms with E-state index in [9.17, 15) is 18.0 Å². The van der Waals surface area contributed by atoms with Crippen molar-refractivity contribution >= 4 is 17.6 Å². The molecule has 0 amide bonds. The molecule has 0 saturated carbocycles. The van der Waals surface area contributed by atoms with Gasteiger partial charge in [0.2, 0.25) is 0 Å².